The number of terminal acetylenes is 1. The largest absolute Gasteiger partial charge is 0.367 e. The highest BCUT2D eigenvalue weighted by atomic mass is 16.5. The third-order valence-corrected chi connectivity index (χ3v) is 3.45. The number of hydrogen-bond donors (Lipinski definition) is 3. The van der Waals surface area contributed by atoms with Gasteiger partial charge in [-0.05, 0) is 19.8 Å². The summed E-state index contributed by atoms with van der Waals surface area (Å²) in [6, 6.07) is 0.308. The molecule has 1 aliphatic rings. The van der Waals surface area contributed by atoms with Crippen molar-refractivity contribution in [2.45, 2.75) is 51.1 Å². The molecule has 0 spiro atoms. The molecule has 1 aliphatic heterocycles. The van der Waals surface area contributed by atoms with E-state index in [1.54, 1.807) is 0 Å². The Bertz CT molecular complexity index is 379. The zero-order chi connectivity index (χ0) is 15.5. The maximum absolute atomic E-state index is 11.5. The molecule has 118 valence electrons. The van der Waals surface area contributed by atoms with Gasteiger partial charge in [-0.1, -0.05) is 18.8 Å². The highest BCUT2D eigenvalue weighted by Crippen LogP contribution is 2.11. The summed E-state index contributed by atoms with van der Waals surface area (Å²) in [6.45, 7) is 3.22. The van der Waals surface area contributed by atoms with Crippen LogP contribution in [0.25, 0.3) is 0 Å². The zero-order valence-electron chi connectivity index (χ0n) is 12.6. The van der Waals surface area contributed by atoms with Gasteiger partial charge in [-0.3, -0.25) is 4.79 Å². The van der Waals surface area contributed by atoms with Crippen molar-refractivity contribution in [2.24, 2.45) is 0 Å². The minimum absolute atomic E-state index is 0.0449. The Morgan fingerprint density at radius 3 is 2.86 bits per heavy atom. The van der Waals surface area contributed by atoms with Gasteiger partial charge in [-0.2, -0.15) is 0 Å². The van der Waals surface area contributed by atoms with Crippen molar-refractivity contribution in [3.8, 4) is 12.3 Å². The van der Waals surface area contributed by atoms with E-state index in [-0.39, 0.29) is 30.6 Å². The quantitative estimate of drug-likeness (QED) is 0.411. The van der Waals surface area contributed by atoms with E-state index in [1.165, 1.54) is 0 Å². The zero-order valence-corrected chi connectivity index (χ0v) is 12.6. The summed E-state index contributed by atoms with van der Waals surface area (Å²) >= 11 is 0. The highest BCUT2D eigenvalue weighted by Gasteiger charge is 2.26. The van der Waals surface area contributed by atoms with E-state index in [1.807, 2.05) is 6.92 Å². The first kappa shape index (κ1) is 17.3. The number of unbranched alkanes of at least 4 members (excludes halogenated alkanes) is 2. The summed E-state index contributed by atoms with van der Waals surface area (Å²) in [5.74, 6) is 2.41. The van der Waals surface area contributed by atoms with Gasteiger partial charge in [-0.15, -0.1) is 6.42 Å². The Kier molecular flexibility index (Phi) is 8.29. The fraction of sp³-hybridized carbons (Fsp3) is 0.733. The summed E-state index contributed by atoms with van der Waals surface area (Å²) in [5.41, 5.74) is 0. The van der Waals surface area contributed by atoms with Crippen LogP contribution in [0.3, 0.4) is 0 Å². The molecule has 21 heavy (non-hydrogen) atoms. The Hall–Kier alpha value is -1.74. The SMILES string of the molecule is C#CCOCCNC(=O)CCCCC[C@H]1NC(=O)N[C@H]1C. The van der Waals surface area contributed by atoms with Crippen molar-refractivity contribution in [3.05, 3.63) is 0 Å². The maximum Gasteiger partial charge on any atom is 0.315 e. The number of nitrogens with one attached hydrogen (secondary N) is 3. The predicted molar refractivity (Wildman–Crippen MR) is 80.7 cm³/mol. The lowest BCUT2D eigenvalue weighted by Crippen LogP contribution is -2.30. The minimum Gasteiger partial charge on any atom is -0.367 e. The van der Waals surface area contributed by atoms with Crippen LogP contribution in [0.4, 0.5) is 4.79 Å². The topological polar surface area (TPSA) is 79.5 Å². The van der Waals surface area contributed by atoms with Gasteiger partial charge in [0, 0.05) is 19.0 Å². The first-order valence-electron chi connectivity index (χ1n) is 7.48. The van der Waals surface area contributed by atoms with Crippen LogP contribution in [0.15, 0.2) is 0 Å². The number of ether oxygens (including phenoxy) is 1. The Labute approximate surface area is 126 Å². The van der Waals surface area contributed by atoms with E-state index in [2.05, 4.69) is 21.9 Å². The Balaban J connectivity index is 1.93. The van der Waals surface area contributed by atoms with Crippen LogP contribution in [0.2, 0.25) is 0 Å². The molecule has 0 aliphatic carbocycles. The average molecular weight is 295 g/mol. The molecule has 6 heteroatoms. The van der Waals surface area contributed by atoms with Crippen molar-refractivity contribution in [3.63, 3.8) is 0 Å². The van der Waals surface area contributed by atoms with E-state index >= 15 is 0 Å². The number of carbonyl (C=O) groups excluding carboxylic acids is 2. The van der Waals surface area contributed by atoms with Gasteiger partial charge >= 0.3 is 6.03 Å². The van der Waals surface area contributed by atoms with Gasteiger partial charge < -0.3 is 20.7 Å². The van der Waals surface area contributed by atoms with Crippen LogP contribution >= 0.6 is 0 Å². The van der Waals surface area contributed by atoms with Crippen molar-refractivity contribution in [1.29, 1.82) is 0 Å². The second-order valence-electron chi connectivity index (χ2n) is 5.22. The van der Waals surface area contributed by atoms with E-state index in [4.69, 9.17) is 11.2 Å². The molecular formula is C15H25N3O3. The molecule has 6 nitrogen and oxygen atoms in total. The average Bonchev–Trinajstić information content (AvgIpc) is 2.76. The van der Waals surface area contributed by atoms with Crippen LogP contribution in [0.1, 0.15) is 39.0 Å². The monoisotopic (exact) mass is 295 g/mol. The number of rotatable bonds is 10. The molecule has 3 amide bonds. The minimum atomic E-state index is -0.0843. The van der Waals surface area contributed by atoms with Gasteiger partial charge in [0.1, 0.15) is 6.61 Å². The molecule has 0 aromatic rings. The summed E-state index contributed by atoms with van der Waals surface area (Å²) in [6.07, 6.45) is 9.37. The number of carbonyl (C=O) groups is 2. The summed E-state index contributed by atoms with van der Waals surface area (Å²) < 4.78 is 5.06. The molecule has 1 saturated heterocycles. The molecule has 3 N–H and O–H groups in total. The first-order chi connectivity index (χ1) is 10.1. The highest BCUT2D eigenvalue weighted by molar-refractivity contribution is 5.77. The second kappa shape index (κ2) is 10.1. The molecule has 1 fully saturated rings. The smallest absolute Gasteiger partial charge is 0.315 e. The molecule has 0 radical (unpaired) electrons. The van der Waals surface area contributed by atoms with E-state index in [0.717, 1.165) is 25.7 Å². The van der Waals surface area contributed by atoms with Crippen LogP contribution < -0.4 is 16.0 Å². The molecule has 0 aromatic heterocycles. The van der Waals surface area contributed by atoms with Gasteiger partial charge in [-0.25, -0.2) is 4.79 Å². The Morgan fingerprint density at radius 2 is 2.19 bits per heavy atom. The summed E-state index contributed by atoms with van der Waals surface area (Å²) in [4.78, 5) is 22.6. The third-order valence-electron chi connectivity index (χ3n) is 3.45. The molecule has 1 rings (SSSR count). The molecule has 0 bridgehead atoms. The fourth-order valence-corrected chi connectivity index (χ4v) is 2.27. The maximum atomic E-state index is 11.5. The molecule has 0 aromatic carbocycles. The molecule has 0 saturated carbocycles. The van der Waals surface area contributed by atoms with Crippen LogP contribution in [-0.4, -0.2) is 43.8 Å². The van der Waals surface area contributed by atoms with Crippen LogP contribution in [0, 0.1) is 12.3 Å². The van der Waals surface area contributed by atoms with Gasteiger partial charge in [0.15, 0.2) is 0 Å². The lowest BCUT2D eigenvalue weighted by atomic mass is 10.0. The normalized spacial score (nSPS) is 20.5. The van der Waals surface area contributed by atoms with Crippen molar-refractivity contribution in [1.82, 2.24) is 16.0 Å². The van der Waals surface area contributed by atoms with Gasteiger partial charge in [0.05, 0.1) is 12.6 Å². The lowest BCUT2D eigenvalue weighted by molar-refractivity contribution is -0.121. The summed E-state index contributed by atoms with van der Waals surface area (Å²) in [7, 11) is 0. The van der Waals surface area contributed by atoms with Crippen LogP contribution in [0.5, 0.6) is 0 Å². The van der Waals surface area contributed by atoms with E-state index in [0.29, 0.717) is 19.6 Å². The molecule has 0 unspecified atom stereocenters. The van der Waals surface area contributed by atoms with E-state index in [9.17, 15) is 9.59 Å². The molecular weight excluding hydrogens is 270 g/mol. The van der Waals surface area contributed by atoms with Crippen molar-refractivity contribution >= 4 is 11.9 Å². The number of amides is 3. The van der Waals surface area contributed by atoms with Crippen LogP contribution in [-0.2, 0) is 9.53 Å². The Morgan fingerprint density at radius 1 is 1.38 bits per heavy atom. The van der Waals surface area contributed by atoms with Crippen molar-refractivity contribution in [2.75, 3.05) is 19.8 Å². The molecule has 1 heterocycles. The van der Waals surface area contributed by atoms with Gasteiger partial charge in [0.25, 0.3) is 0 Å². The second-order valence-corrected chi connectivity index (χ2v) is 5.22. The van der Waals surface area contributed by atoms with Gasteiger partial charge in [0.2, 0.25) is 5.91 Å². The first-order valence-corrected chi connectivity index (χ1v) is 7.48. The lowest BCUT2D eigenvalue weighted by Gasteiger charge is -2.13. The molecule has 2 atom stereocenters. The standard InChI is InChI=1S/C15H25N3O3/c1-3-10-21-11-9-16-14(19)8-6-4-5-7-13-12(2)17-15(20)18-13/h1,12-13H,4-11H2,2H3,(H,16,19)(H2,17,18,20)/t12-,13+/m0/s1. The predicted octanol–water partition coefficient (Wildman–Crippen LogP) is 0.773. The number of hydrogen-bond acceptors (Lipinski definition) is 3. The van der Waals surface area contributed by atoms with E-state index < -0.39 is 0 Å². The third kappa shape index (κ3) is 7.57. The number of urea groups is 1. The van der Waals surface area contributed by atoms with Crippen molar-refractivity contribution < 1.29 is 14.3 Å². The summed E-state index contributed by atoms with van der Waals surface area (Å²) in [5, 5.41) is 8.50. The fourth-order valence-electron chi connectivity index (χ4n) is 2.27.